The number of aromatic nitrogens is 2. The van der Waals surface area contributed by atoms with Crippen molar-refractivity contribution in [2.45, 2.75) is 18.9 Å². The standard InChI is InChI=1S/C10H15BrN4O2S/c1-18(16,17)15-4-2-9(3-5-15)14-10-12-6-8(11)7-13-10/h6-7,9H,2-5H2,1H3,(H,12,13,14). The number of halogens is 1. The van der Waals surface area contributed by atoms with Crippen molar-refractivity contribution in [3.63, 3.8) is 0 Å². The molecule has 8 heteroatoms. The van der Waals surface area contributed by atoms with Gasteiger partial charge in [0.2, 0.25) is 16.0 Å². The number of piperidine rings is 1. The number of hydrogen-bond acceptors (Lipinski definition) is 5. The highest BCUT2D eigenvalue weighted by molar-refractivity contribution is 9.10. The Morgan fingerprint density at radius 2 is 1.89 bits per heavy atom. The van der Waals surface area contributed by atoms with Crippen LogP contribution in [0.3, 0.4) is 0 Å². The summed E-state index contributed by atoms with van der Waals surface area (Å²) >= 11 is 3.27. The average molecular weight is 335 g/mol. The normalized spacial score (nSPS) is 18.8. The first-order valence-corrected chi connectivity index (χ1v) is 8.28. The van der Waals surface area contributed by atoms with E-state index in [-0.39, 0.29) is 6.04 Å². The van der Waals surface area contributed by atoms with Crippen molar-refractivity contribution in [1.82, 2.24) is 14.3 Å². The van der Waals surface area contributed by atoms with Crippen LogP contribution in [0.25, 0.3) is 0 Å². The summed E-state index contributed by atoms with van der Waals surface area (Å²) in [5.74, 6) is 0.580. The van der Waals surface area contributed by atoms with Gasteiger partial charge in [-0.3, -0.25) is 0 Å². The van der Waals surface area contributed by atoms with Gasteiger partial charge < -0.3 is 5.32 Å². The molecule has 0 spiro atoms. The molecule has 2 rings (SSSR count). The molecule has 1 aromatic heterocycles. The summed E-state index contributed by atoms with van der Waals surface area (Å²) in [5, 5.41) is 3.22. The van der Waals surface area contributed by atoms with Crippen molar-refractivity contribution >= 4 is 31.9 Å². The fourth-order valence-corrected chi connectivity index (χ4v) is 2.98. The van der Waals surface area contributed by atoms with Gasteiger partial charge in [0, 0.05) is 31.5 Å². The summed E-state index contributed by atoms with van der Waals surface area (Å²) in [5.41, 5.74) is 0. The summed E-state index contributed by atoms with van der Waals surface area (Å²) < 4.78 is 25.1. The third-order valence-electron chi connectivity index (χ3n) is 2.88. The minimum Gasteiger partial charge on any atom is -0.351 e. The van der Waals surface area contributed by atoms with E-state index in [1.165, 1.54) is 10.6 Å². The number of sulfonamides is 1. The van der Waals surface area contributed by atoms with Crippen LogP contribution in [0, 0.1) is 0 Å². The predicted molar refractivity (Wildman–Crippen MR) is 72.8 cm³/mol. The highest BCUT2D eigenvalue weighted by atomic mass is 79.9. The molecule has 1 fully saturated rings. The van der Waals surface area contributed by atoms with Crippen LogP contribution in [0.1, 0.15) is 12.8 Å². The van der Waals surface area contributed by atoms with Crippen LogP contribution in [0.5, 0.6) is 0 Å². The Morgan fingerprint density at radius 3 is 2.39 bits per heavy atom. The average Bonchev–Trinajstić information content (AvgIpc) is 2.32. The molecule has 0 aliphatic carbocycles. The molecule has 6 nitrogen and oxygen atoms in total. The van der Waals surface area contributed by atoms with Gasteiger partial charge in [-0.25, -0.2) is 22.7 Å². The lowest BCUT2D eigenvalue weighted by molar-refractivity contribution is 0.331. The highest BCUT2D eigenvalue weighted by Crippen LogP contribution is 2.16. The molecule has 1 N–H and O–H groups in total. The molecule has 0 aromatic carbocycles. The molecule has 0 amide bonds. The SMILES string of the molecule is CS(=O)(=O)N1CCC(Nc2ncc(Br)cn2)CC1. The van der Waals surface area contributed by atoms with E-state index in [9.17, 15) is 8.42 Å². The van der Waals surface area contributed by atoms with E-state index in [2.05, 4.69) is 31.2 Å². The summed E-state index contributed by atoms with van der Waals surface area (Å²) in [7, 11) is -3.06. The first-order chi connectivity index (χ1) is 8.45. The zero-order valence-corrected chi connectivity index (χ0v) is 12.4. The van der Waals surface area contributed by atoms with Crippen molar-refractivity contribution in [1.29, 1.82) is 0 Å². The second kappa shape index (κ2) is 5.50. The van der Waals surface area contributed by atoms with E-state index in [0.717, 1.165) is 17.3 Å². The molecule has 18 heavy (non-hydrogen) atoms. The molecule has 0 unspecified atom stereocenters. The van der Waals surface area contributed by atoms with Crippen molar-refractivity contribution in [2.24, 2.45) is 0 Å². The number of nitrogens with one attached hydrogen (secondary N) is 1. The molecule has 2 heterocycles. The maximum absolute atomic E-state index is 11.4. The molecule has 100 valence electrons. The van der Waals surface area contributed by atoms with Gasteiger partial charge in [-0.2, -0.15) is 0 Å². The zero-order valence-electron chi connectivity index (χ0n) is 10.0. The minimum absolute atomic E-state index is 0.226. The van der Waals surface area contributed by atoms with Gasteiger partial charge in [0.25, 0.3) is 0 Å². The highest BCUT2D eigenvalue weighted by Gasteiger charge is 2.24. The Balaban J connectivity index is 1.89. The zero-order chi connectivity index (χ0) is 13.2. The topological polar surface area (TPSA) is 75.2 Å². The van der Waals surface area contributed by atoms with Crippen molar-refractivity contribution < 1.29 is 8.42 Å². The Morgan fingerprint density at radius 1 is 1.33 bits per heavy atom. The minimum atomic E-state index is -3.06. The van der Waals surface area contributed by atoms with Gasteiger partial charge >= 0.3 is 0 Å². The molecule has 0 radical (unpaired) electrons. The molecule has 1 saturated heterocycles. The molecular weight excluding hydrogens is 320 g/mol. The van der Waals surface area contributed by atoms with Crippen LogP contribution in [0.2, 0.25) is 0 Å². The first-order valence-electron chi connectivity index (χ1n) is 5.64. The van der Waals surface area contributed by atoms with Gasteiger partial charge in [-0.05, 0) is 28.8 Å². The quantitative estimate of drug-likeness (QED) is 0.895. The van der Waals surface area contributed by atoms with E-state index in [1.807, 2.05) is 0 Å². The second-order valence-corrected chi connectivity index (χ2v) is 7.20. The Hall–Kier alpha value is -0.730. The van der Waals surface area contributed by atoms with Gasteiger partial charge in [-0.15, -0.1) is 0 Å². The number of nitrogens with zero attached hydrogens (tertiary/aromatic N) is 3. The molecule has 1 aliphatic rings. The molecule has 0 atom stereocenters. The molecule has 0 saturated carbocycles. The lowest BCUT2D eigenvalue weighted by Crippen LogP contribution is -2.42. The maximum Gasteiger partial charge on any atom is 0.222 e. The lowest BCUT2D eigenvalue weighted by atomic mass is 10.1. The maximum atomic E-state index is 11.4. The first kappa shape index (κ1) is 13.7. The smallest absolute Gasteiger partial charge is 0.222 e. The van der Waals surface area contributed by atoms with E-state index in [1.54, 1.807) is 12.4 Å². The summed E-state index contributed by atoms with van der Waals surface area (Å²) in [6.45, 7) is 1.10. The largest absolute Gasteiger partial charge is 0.351 e. The van der Waals surface area contributed by atoms with Crippen LogP contribution in [-0.2, 0) is 10.0 Å². The second-order valence-electron chi connectivity index (χ2n) is 4.31. The van der Waals surface area contributed by atoms with Crippen LogP contribution < -0.4 is 5.32 Å². The Labute approximate surface area is 115 Å². The Kier molecular flexibility index (Phi) is 4.18. The van der Waals surface area contributed by atoms with Gasteiger partial charge in [0.05, 0.1) is 10.7 Å². The predicted octanol–water partition coefficient (Wildman–Crippen LogP) is 1.07. The summed E-state index contributed by atoms with van der Waals surface area (Å²) in [6, 6.07) is 0.226. The van der Waals surface area contributed by atoms with Crippen LogP contribution >= 0.6 is 15.9 Å². The van der Waals surface area contributed by atoms with Crippen molar-refractivity contribution in [3.05, 3.63) is 16.9 Å². The number of anilines is 1. The van der Waals surface area contributed by atoms with E-state index in [0.29, 0.717) is 19.0 Å². The van der Waals surface area contributed by atoms with Crippen LogP contribution in [-0.4, -0.2) is 48.1 Å². The fraction of sp³-hybridized carbons (Fsp3) is 0.600. The van der Waals surface area contributed by atoms with E-state index in [4.69, 9.17) is 0 Å². The van der Waals surface area contributed by atoms with E-state index >= 15 is 0 Å². The molecule has 0 bridgehead atoms. The third kappa shape index (κ3) is 3.63. The summed E-state index contributed by atoms with van der Waals surface area (Å²) in [6.07, 6.45) is 6.15. The fourth-order valence-electron chi connectivity index (χ4n) is 1.90. The molecular formula is C10H15BrN4O2S. The number of rotatable bonds is 3. The molecule has 1 aliphatic heterocycles. The van der Waals surface area contributed by atoms with Crippen molar-refractivity contribution in [2.75, 3.05) is 24.7 Å². The van der Waals surface area contributed by atoms with Gasteiger partial charge in [0.1, 0.15) is 0 Å². The van der Waals surface area contributed by atoms with Gasteiger partial charge in [-0.1, -0.05) is 0 Å². The van der Waals surface area contributed by atoms with Crippen molar-refractivity contribution in [3.8, 4) is 0 Å². The van der Waals surface area contributed by atoms with Gasteiger partial charge in [0.15, 0.2) is 0 Å². The van der Waals surface area contributed by atoms with Crippen LogP contribution in [0.15, 0.2) is 16.9 Å². The molecule has 1 aromatic rings. The summed E-state index contributed by atoms with van der Waals surface area (Å²) in [4.78, 5) is 8.28. The lowest BCUT2D eigenvalue weighted by Gasteiger charge is -2.30. The monoisotopic (exact) mass is 334 g/mol. The van der Waals surface area contributed by atoms with Crippen LogP contribution in [0.4, 0.5) is 5.95 Å². The Bertz CT molecular complexity index is 497. The number of hydrogen-bond donors (Lipinski definition) is 1. The third-order valence-corrected chi connectivity index (χ3v) is 4.59. The van der Waals surface area contributed by atoms with E-state index < -0.39 is 10.0 Å².